The van der Waals surface area contributed by atoms with E-state index in [9.17, 15) is 4.79 Å². The van der Waals surface area contributed by atoms with Crippen LogP contribution in [0.2, 0.25) is 0 Å². The number of rotatable bonds is 1. The fraction of sp³-hybridized carbons (Fsp3) is 0.231. The van der Waals surface area contributed by atoms with Crippen LogP contribution in [0.25, 0.3) is 11.3 Å². The summed E-state index contributed by atoms with van der Waals surface area (Å²) in [7, 11) is 0. The number of anilines is 2. The SMILES string of the molecule is CC(=O)N1CCc2ccc(-c3cc(N)on3)cc21. The summed E-state index contributed by atoms with van der Waals surface area (Å²) in [6, 6.07) is 7.63. The molecule has 5 nitrogen and oxygen atoms in total. The summed E-state index contributed by atoms with van der Waals surface area (Å²) in [6.45, 7) is 2.32. The van der Waals surface area contributed by atoms with Gasteiger partial charge in [-0.2, -0.15) is 0 Å². The Hall–Kier alpha value is -2.30. The minimum atomic E-state index is 0.0607. The molecule has 0 bridgehead atoms. The Kier molecular flexibility index (Phi) is 2.33. The minimum Gasteiger partial charge on any atom is -0.368 e. The Morgan fingerprint density at radius 2 is 2.28 bits per heavy atom. The molecule has 0 radical (unpaired) electrons. The van der Waals surface area contributed by atoms with Gasteiger partial charge in [-0.15, -0.1) is 0 Å². The molecule has 5 heteroatoms. The lowest BCUT2D eigenvalue weighted by atomic mass is 10.1. The Morgan fingerprint density at radius 3 is 2.94 bits per heavy atom. The summed E-state index contributed by atoms with van der Waals surface area (Å²) in [4.78, 5) is 13.3. The molecule has 1 amide bonds. The zero-order valence-electron chi connectivity index (χ0n) is 10.0. The molecule has 0 aliphatic carbocycles. The molecule has 1 aromatic carbocycles. The smallest absolute Gasteiger partial charge is 0.223 e. The highest BCUT2D eigenvalue weighted by Gasteiger charge is 2.22. The van der Waals surface area contributed by atoms with Gasteiger partial charge in [0.1, 0.15) is 5.69 Å². The molecule has 1 aromatic heterocycles. The van der Waals surface area contributed by atoms with Crippen LogP contribution in [-0.2, 0) is 11.2 Å². The summed E-state index contributed by atoms with van der Waals surface area (Å²) in [5.41, 5.74) is 9.25. The van der Waals surface area contributed by atoms with Crippen LogP contribution >= 0.6 is 0 Å². The zero-order valence-corrected chi connectivity index (χ0v) is 10.0. The van der Waals surface area contributed by atoms with Gasteiger partial charge in [0.2, 0.25) is 11.8 Å². The number of amides is 1. The lowest BCUT2D eigenvalue weighted by Crippen LogP contribution is -2.25. The first-order valence-corrected chi connectivity index (χ1v) is 5.79. The topological polar surface area (TPSA) is 72.4 Å². The van der Waals surface area contributed by atoms with Crippen molar-refractivity contribution in [3.05, 3.63) is 29.8 Å². The molecule has 2 N–H and O–H groups in total. The molecule has 0 fully saturated rings. The first kappa shape index (κ1) is 10.8. The quantitative estimate of drug-likeness (QED) is 0.829. The number of fused-ring (bicyclic) bond motifs is 1. The first-order valence-electron chi connectivity index (χ1n) is 5.79. The number of carbonyl (C=O) groups excluding carboxylic acids is 1. The molecule has 0 saturated heterocycles. The number of nitrogens with zero attached hydrogens (tertiary/aromatic N) is 2. The van der Waals surface area contributed by atoms with E-state index >= 15 is 0 Å². The van der Waals surface area contributed by atoms with E-state index in [2.05, 4.69) is 5.16 Å². The monoisotopic (exact) mass is 243 g/mol. The second kappa shape index (κ2) is 3.87. The average Bonchev–Trinajstić information content (AvgIpc) is 2.93. The van der Waals surface area contributed by atoms with Gasteiger partial charge >= 0.3 is 0 Å². The number of nitrogen functional groups attached to an aromatic ring is 1. The van der Waals surface area contributed by atoms with E-state index in [1.165, 1.54) is 5.56 Å². The van der Waals surface area contributed by atoms with E-state index in [0.717, 1.165) is 24.2 Å². The van der Waals surface area contributed by atoms with E-state index in [1.54, 1.807) is 17.9 Å². The van der Waals surface area contributed by atoms with Crippen molar-refractivity contribution >= 4 is 17.5 Å². The number of benzene rings is 1. The van der Waals surface area contributed by atoms with E-state index in [-0.39, 0.29) is 11.8 Å². The van der Waals surface area contributed by atoms with Gasteiger partial charge in [-0.3, -0.25) is 4.79 Å². The number of carbonyl (C=O) groups is 1. The molecule has 2 aromatic rings. The van der Waals surface area contributed by atoms with Gasteiger partial charge in [0.05, 0.1) is 0 Å². The summed E-state index contributed by atoms with van der Waals surface area (Å²) < 4.78 is 4.86. The molecule has 3 rings (SSSR count). The van der Waals surface area contributed by atoms with Crippen molar-refractivity contribution in [3.8, 4) is 11.3 Å². The lowest BCUT2D eigenvalue weighted by Gasteiger charge is -2.15. The second-order valence-electron chi connectivity index (χ2n) is 4.38. The van der Waals surface area contributed by atoms with Crippen molar-refractivity contribution in [1.82, 2.24) is 5.16 Å². The summed E-state index contributed by atoms with van der Waals surface area (Å²) in [6.07, 6.45) is 0.899. The van der Waals surface area contributed by atoms with Gasteiger partial charge in [0.15, 0.2) is 0 Å². The van der Waals surface area contributed by atoms with Crippen molar-refractivity contribution in [2.45, 2.75) is 13.3 Å². The van der Waals surface area contributed by atoms with Gasteiger partial charge in [0.25, 0.3) is 0 Å². The fourth-order valence-corrected chi connectivity index (χ4v) is 2.29. The molecule has 0 unspecified atom stereocenters. The molecule has 18 heavy (non-hydrogen) atoms. The first-order chi connectivity index (χ1) is 8.65. The molecule has 0 spiro atoms. The van der Waals surface area contributed by atoms with Crippen LogP contribution in [0, 0.1) is 0 Å². The predicted molar refractivity (Wildman–Crippen MR) is 68.1 cm³/mol. The minimum absolute atomic E-state index is 0.0607. The maximum atomic E-state index is 11.5. The third-order valence-corrected chi connectivity index (χ3v) is 3.19. The van der Waals surface area contributed by atoms with Gasteiger partial charge in [0, 0.05) is 30.8 Å². The Bertz CT molecular complexity index is 618. The number of hydrogen-bond acceptors (Lipinski definition) is 4. The van der Waals surface area contributed by atoms with Crippen LogP contribution in [-0.4, -0.2) is 17.6 Å². The van der Waals surface area contributed by atoms with E-state index in [0.29, 0.717) is 5.69 Å². The zero-order chi connectivity index (χ0) is 12.7. The predicted octanol–water partition coefficient (Wildman–Crippen LogP) is 1.83. The van der Waals surface area contributed by atoms with Crippen molar-refractivity contribution in [2.75, 3.05) is 17.2 Å². The molecule has 2 heterocycles. The summed E-state index contributed by atoms with van der Waals surface area (Å²) in [5, 5.41) is 3.88. The maximum absolute atomic E-state index is 11.5. The van der Waals surface area contributed by atoms with Crippen LogP contribution in [0.5, 0.6) is 0 Å². The highest BCUT2D eigenvalue weighted by Crippen LogP contribution is 2.32. The van der Waals surface area contributed by atoms with Crippen LogP contribution in [0.4, 0.5) is 11.6 Å². The van der Waals surface area contributed by atoms with Crippen LogP contribution in [0.1, 0.15) is 12.5 Å². The van der Waals surface area contributed by atoms with Crippen LogP contribution < -0.4 is 10.6 Å². The largest absolute Gasteiger partial charge is 0.368 e. The van der Waals surface area contributed by atoms with Crippen molar-refractivity contribution < 1.29 is 9.32 Å². The van der Waals surface area contributed by atoms with E-state index in [1.807, 2.05) is 18.2 Å². The molecule has 0 atom stereocenters. The average molecular weight is 243 g/mol. The van der Waals surface area contributed by atoms with E-state index < -0.39 is 0 Å². The molecule has 0 saturated carbocycles. The highest BCUT2D eigenvalue weighted by molar-refractivity contribution is 5.94. The normalized spacial score (nSPS) is 13.7. The van der Waals surface area contributed by atoms with Crippen LogP contribution in [0.15, 0.2) is 28.8 Å². The Morgan fingerprint density at radius 1 is 1.44 bits per heavy atom. The maximum Gasteiger partial charge on any atom is 0.223 e. The highest BCUT2D eigenvalue weighted by atomic mass is 16.5. The number of nitrogens with two attached hydrogens (primary N) is 1. The van der Waals surface area contributed by atoms with Gasteiger partial charge in [-0.1, -0.05) is 17.3 Å². The number of hydrogen-bond donors (Lipinski definition) is 1. The van der Waals surface area contributed by atoms with Crippen molar-refractivity contribution in [3.63, 3.8) is 0 Å². The van der Waals surface area contributed by atoms with Gasteiger partial charge in [-0.05, 0) is 18.1 Å². The van der Waals surface area contributed by atoms with E-state index in [4.69, 9.17) is 10.3 Å². The standard InChI is InChI=1S/C13H13N3O2/c1-8(17)16-5-4-9-2-3-10(6-12(9)16)11-7-13(14)18-15-11/h2-3,6-7H,4-5,14H2,1H3. The Labute approximate surface area is 104 Å². The van der Waals surface area contributed by atoms with Gasteiger partial charge < -0.3 is 15.2 Å². The number of aromatic nitrogens is 1. The molecule has 1 aliphatic rings. The third kappa shape index (κ3) is 1.64. The fourth-order valence-electron chi connectivity index (χ4n) is 2.29. The van der Waals surface area contributed by atoms with Crippen LogP contribution in [0.3, 0.4) is 0 Å². The molecular weight excluding hydrogens is 230 g/mol. The molecular formula is C13H13N3O2. The van der Waals surface area contributed by atoms with Crippen molar-refractivity contribution in [2.24, 2.45) is 0 Å². The van der Waals surface area contributed by atoms with Gasteiger partial charge in [-0.25, -0.2) is 0 Å². The molecule has 92 valence electrons. The summed E-state index contributed by atoms with van der Waals surface area (Å²) in [5.74, 6) is 0.347. The molecule has 1 aliphatic heterocycles. The van der Waals surface area contributed by atoms with Crippen molar-refractivity contribution in [1.29, 1.82) is 0 Å². The summed E-state index contributed by atoms with van der Waals surface area (Å²) >= 11 is 0. The lowest BCUT2D eigenvalue weighted by molar-refractivity contribution is -0.116. The second-order valence-corrected chi connectivity index (χ2v) is 4.38. The Balaban J connectivity index is 2.05. The third-order valence-electron chi connectivity index (χ3n) is 3.19.